The lowest BCUT2D eigenvalue weighted by atomic mass is 10.1. The Morgan fingerprint density at radius 3 is 2.59 bits per heavy atom. The van der Waals surface area contributed by atoms with E-state index in [0.717, 1.165) is 0 Å². The number of hydrogen-bond acceptors (Lipinski definition) is 3. The van der Waals surface area contributed by atoms with Crippen molar-refractivity contribution >= 4 is 6.03 Å². The molecule has 0 aliphatic heterocycles. The van der Waals surface area contributed by atoms with Crippen LogP contribution in [0.25, 0.3) is 0 Å². The van der Waals surface area contributed by atoms with Crippen LogP contribution in [0.2, 0.25) is 0 Å². The number of amides is 2. The van der Waals surface area contributed by atoms with Crippen molar-refractivity contribution in [2.24, 2.45) is 0 Å². The van der Waals surface area contributed by atoms with E-state index in [0.29, 0.717) is 11.3 Å². The predicted molar refractivity (Wildman–Crippen MR) is 74.6 cm³/mol. The molecule has 0 radical (unpaired) electrons. The minimum atomic E-state index is -4.47. The molecular formula is C14H19F3N2O3. The monoisotopic (exact) mass is 320 g/mol. The smallest absolute Gasteiger partial charge is 0.405 e. The van der Waals surface area contributed by atoms with Crippen molar-refractivity contribution in [3.63, 3.8) is 0 Å². The number of carbonyl (C=O) groups excluding carboxylic acids is 1. The van der Waals surface area contributed by atoms with Crippen LogP contribution in [0, 0.1) is 0 Å². The van der Waals surface area contributed by atoms with Crippen LogP contribution in [0.15, 0.2) is 24.3 Å². The summed E-state index contributed by atoms with van der Waals surface area (Å²) in [6.45, 7) is 2.08. The molecule has 5 nitrogen and oxygen atoms in total. The van der Waals surface area contributed by atoms with Gasteiger partial charge in [0.1, 0.15) is 12.3 Å². The van der Waals surface area contributed by atoms with Crippen LogP contribution in [0.5, 0.6) is 5.75 Å². The molecule has 22 heavy (non-hydrogen) atoms. The average Bonchev–Trinajstić information content (AvgIpc) is 2.41. The minimum Gasteiger partial charge on any atom is -0.491 e. The molecule has 0 heterocycles. The average molecular weight is 320 g/mol. The van der Waals surface area contributed by atoms with Gasteiger partial charge in [0.05, 0.1) is 12.2 Å². The molecule has 0 aromatic heterocycles. The first kappa shape index (κ1) is 18.1. The van der Waals surface area contributed by atoms with Crippen LogP contribution in [0.3, 0.4) is 0 Å². The molecule has 1 unspecified atom stereocenters. The Balaban J connectivity index is 2.48. The molecule has 2 amide bonds. The summed E-state index contributed by atoms with van der Waals surface area (Å²) >= 11 is 0. The molecule has 0 spiro atoms. The van der Waals surface area contributed by atoms with Crippen LogP contribution in [-0.2, 0) is 0 Å². The van der Waals surface area contributed by atoms with Gasteiger partial charge in [0.2, 0.25) is 0 Å². The summed E-state index contributed by atoms with van der Waals surface area (Å²) < 4.78 is 41.2. The highest BCUT2D eigenvalue weighted by Crippen LogP contribution is 2.20. The lowest BCUT2D eigenvalue weighted by molar-refractivity contribution is -0.122. The summed E-state index contributed by atoms with van der Waals surface area (Å²) in [6.07, 6.45) is -5.55. The zero-order valence-electron chi connectivity index (χ0n) is 12.3. The number of ether oxygens (including phenoxy) is 1. The molecule has 0 aliphatic carbocycles. The number of benzene rings is 1. The van der Waals surface area contributed by atoms with Gasteiger partial charge in [-0.1, -0.05) is 12.1 Å². The number of alkyl halides is 3. The minimum absolute atomic E-state index is 0.0290. The summed E-state index contributed by atoms with van der Waals surface area (Å²) in [4.78, 5) is 11.2. The molecule has 8 heteroatoms. The Labute approximate surface area is 126 Å². The van der Waals surface area contributed by atoms with E-state index in [9.17, 15) is 23.1 Å². The molecule has 124 valence electrons. The maximum absolute atomic E-state index is 11.9. The molecule has 0 bridgehead atoms. The quantitative estimate of drug-likeness (QED) is 0.753. The first-order chi connectivity index (χ1) is 10.2. The Hall–Kier alpha value is -1.96. The number of rotatable bonds is 6. The lowest BCUT2D eigenvalue weighted by Crippen LogP contribution is -2.42. The Morgan fingerprint density at radius 2 is 2.00 bits per heavy atom. The van der Waals surface area contributed by atoms with Gasteiger partial charge < -0.3 is 20.5 Å². The highest BCUT2D eigenvalue weighted by molar-refractivity contribution is 5.73. The van der Waals surface area contributed by atoms with Crippen LogP contribution in [-0.4, -0.2) is 36.5 Å². The fourth-order valence-electron chi connectivity index (χ4n) is 1.62. The Bertz CT molecular complexity index is 492. The maximum Gasteiger partial charge on any atom is 0.405 e. The van der Waals surface area contributed by atoms with E-state index in [2.05, 4.69) is 5.32 Å². The number of urea groups is 1. The van der Waals surface area contributed by atoms with E-state index in [4.69, 9.17) is 4.74 Å². The third kappa shape index (κ3) is 7.16. The van der Waals surface area contributed by atoms with Crippen molar-refractivity contribution in [2.75, 3.05) is 13.1 Å². The summed E-state index contributed by atoms with van der Waals surface area (Å²) in [5, 5.41) is 13.8. The summed E-state index contributed by atoms with van der Waals surface area (Å²) in [5.41, 5.74) is 0.495. The number of halogens is 3. The second-order valence-electron chi connectivity index (χ2n) is 4.93. The second kappa shape index (κ2) is 7.88. The van der Waals surface area contributed by atoms with Crippen LogP contribution in [0.1, 0.15) is 25.5 Å². The summed E-state index contributed by atoms with van der Waals surface area (Å²) in [7, 11) is 0. The van der Waals surface area contributed by atoms with Gasteiger partial charge in [0.25, 0.3) is 0 Å². The van der Waals surface area contributed by atoms with Crippen molar-refractivity contribution < 1.29 is 27.8 Å². The fourth-order valence-corrected chi connectivity index (χ4v) is 1.62. The zero-order valence-corrected chi connectivity index (χ0v) is 12.3. The molecule has 0 saturated heterocycles. The third-order valence-corrected chi connectivity index (χ3v) is 2.52. The normalized spacial score (nSPS) is 12.9. The molecule has 1 rings (SSSR count). The summed E-state index contributed by atoms with van der Waals surface area (Å²) in [5.74, 6) is 0.563. The lowest BCUT2D eigenvalue weighted by Gasteiger charge is -2.15. The number of carbonyl (C=O) groups is 1. The van der Waals surface area contributed by atoms with E-state index >= 15 is 0 Å². The first-order valence-corrected chi connectivity index (χ1v) is 6.70. The highest BCUT2D eigenvalue weighted by Gasteiger charge is 2.27. The maximum atomic E-state index is 11.9. The van der Waals surface area contributed by atoms with Crippen molar-refractivity contribution in [2.45, 2.75) is 32.2 Å². The molecule has 3 N–H and O–H groups in total. The number of hydrogen-bond donors (Lipinski definition) is 3. The predicted octanol–water partition coefficient (Wildman–Crippen LogP) is 2.37. The van der Waals surface area contributed by atoms with Gasteiger partial charge >= 0.3 is 12.2 Å². The molecule has 0 fully saturated rings. The number of aliphatic hydroxyl groups excluding tert-OH is 1. The van der Waals surface area contributed by atoms with Crippen LogP contribution in [0.4, 0.5) is 18.0 Å². The second-order valence-corrected chi connectivity index (χ2v) is 4.93. The standard InChI is InChI=1S/C14H19F3N2O3/c1-9(2)22-11-5-3-4-10(6-11)12(20)7-18-13(21)19-8-14(15,16)17/h3-6,9,12,20H,7-8H2,1-2H3,(H2,18,19,21). The molecular weight excluding hydrogens is 301 g/mol. The Kier molecular flexibility index (Phi) is 6.48. The van der Waals surface area contributed by atoms with E-state index in [1.807, 2.05) is 13.8 Å². The molecule has 1 aromatic carbocycles. The van der Waals surface area contributed by atoms with E-state index < -0.39 is 24.9 Å². The van der Waals surface area contributed by atoms with E-state index in [1.54, 1.807) is 29.6 Å². The number of aliphatic hydroxyl groups is 1. The van der Waals surface area contributed by atoms with Crippen molar-refractivity contribution in [1.29, 1.82) is 0 Å². The SMILES string of the molecule is CC(C)Oc1cccc(C(O)CNC(=O)NCC(F)(F)F)c1. The molecule has 0 saturated carbocycles. The third-order valence-electron chi connectivity index (χ3n) is 2.52. The van der Waals surface area contributed by atoms with Gasteiger partial charge in [-0.15, -0.1) is 0 Å². The van der Waals surface area contributed by atoms with Crippen molar-refractivity contribution in [1.82, 2.24) is 10.6 Å². The van der Waals surface area contributed by atoms with E-state index in [-0.39, 0.29) is 12.6 Å². The van der Waals surface area contributed by atoms with Crippen molar-refractivity contribution in [3.05, 3.63) is 29.8 Å². The van der Waals surface area contributed by atoms with Gasteiger partial charge in [-0.05, 0) is 31.5 Å². The fraction of sp³-hybridized carbons (Fsp3) is 0.500. The zero-order chi connectivity index (χ0) is 16.8. The van der Waals surface area contributed by atoms with Gasteiger partial charge in [-0.25, -0.2) is 4.79 Å². The van der Waals surface area contributed by atoms with E-state index in [1.165, 1.54) is 0 Å². The largest absolute Gasteiger partial charge is 0.491 e. The van der Waals surface area contributed by atoms with Gasteiger partial charge in [-0.2, -0.15) is 13.2 Å². The van der Waals surface area contributed by atoms with Crippen LogP contribution >= 0.6 is 0 Å². The topological polar surface area (TPSA) is 70.6 Å². The highest BCUT2D eigenvalue weighted by atomic mass is 19.4. The molecule has 1 aromatic rings. The first-order valence-electron chi connectivity index (χ1n) is 6.70. The van der Waals surface area contributed by atoms with Crippen LogP contribution < -0.4 is 15.4 Å². The summed E-state index contributed by atoms with van der Waals surface area (Å²) in [6, 6.07) is 5.65. The van der Waals surface area contributed by atoms with Gasteiger partial charge in [0.15, 0.2) is 0 Å². The molecule has 1 atom stereocenters. The van der Waals surface area contributed by atoms with Gasteiger partial charge in [0, 0.05) is 6.54 Å². The van der Waals surface area contributed by atoms with Gasteiger partial charge in [-0.3, -0.25) is 0 Å². The number of nitrogens with one attached hydrogen (secondary N) is 2. The Morgan fingerprint density at radius 1 is 1.32 bits per heavy atom. The molecule has 0 aliphatic rings. The van der Waals surface area contributed by atoms with Crippen molar-refractivity contribution in [3.8, 4) is 5.75 Å².